The molecule has 0 rings (SSSR count). The van der Waals surface area contributed by atoms with Crippen molar-refractivity contribution >= 4 is 32.1 Å². The Balaban J connectivity index is 4.98. The van der Waals surface area contributed by atoms with E-state index in [1.165, 1.54) is 6.92 Å². The van der Waals surface area contributed by atoms with E-state index in [-0.39, 0.29) is 6.42 Å². The summed E-state index contributed by atoms with van der Waals surface area (Å²) in [5, 5.41) is 0.0961. The van der Waals surface area contributed by atoms with Crippen LogP contribution < -0.4 is 10.6 Å². The van der Waals surface area contributed by atoms with Gasteiger partial charge in [-0.3, -0.25) is 18.7 Å². The van der Waals surface area contributed by atoms with Gasteiger partial charge in [0.05, 0.1) is 0 Å². The lowest BCUT2D eigenvalue weighted by Crippen LogP contribution is -2.49. The fourth-order valence-electron chi connectivity index (χ4n) is 1.33. The summed E-state index contributed by atoms with van der Waals surface area (Å²) in [6.45, 7) is 0.487. The molecule has 0 aromatic carbocycles. The van der Waals surface area contributed by atoms with Crippen LogP contribution in [0.2, 0.25) is 0 Å². The Kier molecular flexibility index (Phi) is 6.53. The Hall–Kier alpha value is -1.24. The van der Waals surface area contributed by atoms with E-state index < -0.39 is 49.1 Å². The number of carbonyl (C=O) groups excluding carboxylic acids is 2. The molecule has 10 nitrogen and oxygen atoms in total. The minimum absolute atomic E-state index is 0.249. The average Bonchev–Trinajstić information content (AvgIpc) is 2.25. The lowest BCUT2D eigenvalue weighted by atomic mass is 10.3. The highest BCUT2D eigenvalue weighted by Gasteiger charge is 2.34. The second-order valence-electron chi connectivity index (χ2n) is 3.77. The number of amides is 2. The first-order chi connectivity index (χ1) is 8.95. The summed E-state index contributed by atoms with van der Waals surface area (Å²) < 4.78 is 61.3. The number of rotatable bonds is 7. The van der Waals surface area contributed by atoms with Crippen LogP contribution in [0.1, 0.15) is 13.3 Å². The summed E-state index contributed by atoms with van der Waals surface area (Å²) in [6, 6.07) is 0. The Morgan fingerprint density at radius 2 is 1.45 bits per heavy atom. The topological polar surface area (TPSA) is 167 Å². The third kappa shape index (κ3) is 5.40. The molecule has 20 heavy (non-hydrogen) atoms. The van der Waals surface area contributed by atoms with Crippen molar-refractivity contribution in [3.05, 3.63) is 0 Å². The fraction of sp³-hybridized carbons (Fsp3) is 0.750. The summed E-state index contributed by atoms with van der Waals surface area (Å²) in [7, 11) is -8.31. The SMILES string of the molecule is CCC(C(=O)NCC(C(=O)NC)S(=O)(=O)O)S(=O)(=O)O. The molecular formula is C8H16N2O8S2. The van der Waals surface area contributed by atoms with Gasteiger partial charge in [0.2, 0.25) is 11.8 Å². The zero-order valence-electron chi connectivity index (χ0n) is 10.7. The molecule has 118 valence electrons. The summed E-state index contributed by atoms with van der Waals surface area (Å²) in [4.78, 5) is 22.7. The van der Waals surface area contributed by atoms with Crippen molar-refractivity contribution < 1.29 is 35.5 Å². The van der Waals surface area contributed by atoms with Crippen LogP contribution in [0.3, 0.4) is 0 Å². The van der Waals surface area contributed by atoms with Crippen LogP contribution >= 0.6 is 0 Å². The van der Waals surface area contributed by atoms with Crippen molar-refractivity contribution in [2.75, 3.05) is 13.6 Å². The minimum Gasteiger partial charge on any atom is -0.358 e. The van der Waals surface area contributed by atoms with Gasteiger partial charge in [-0.15, -0.1) is 0 Å². The molecule has 0 spiro atoms. The van der Waals surface area contributed by atoms with Crippen LogP contribution in [-0.4, -0.2) is 61.8 Å². The molecule has 2 amide bonds. The van der Waals surface area contributed by atoms with Crippen LogP contribution in [0.4, 0.5) is 0 Å². The summed E-state index contributed by atoms with van der Waals surface area (Å²) in [5.41, 5.74) is 0. The maximum atomic E-state index is 11.5. The zero-order valence-corrected chi connectivity index (χ0v) is 12.4. The van der Waals surface area contributed by atoms with Gasteiger partial charge in [-0.05, 0) is 6.42 Å². The van der Waals surface area contributed by atoms with E-state index in [1.807, 2.05) is 10.6 Å². The molecule has 0 saturated carbocycles. The normalized spacial score (nSPS) is 15.2. The lowest BCUT2D eigenvalue weighted by Gasteiger charge is -2.16. The Labute approximate surface area is 116 Å². The van der Waals surface area contributed by atoms with Crippen LogP contribution in [0, 0.1) is 0 Å². The van der Waals surface area contributed by atoms with Crippen molar-refractivity contribution in [1.82, 2.24) is 10.6 Å². The quantitative estimate of drug-likeness (QED) is 0.380. The molecule has 0 aromatic heterocycles. The van der Waals surface area contributed by atoms with Gasteiger partial charge in [0.25, 0.3) is 20.2 Å². The van der Waals surface area contributed by atoms with Gasteiger partial charge in [-0.2, -0.15) is 16.8 Å². The minimum atomic E-state index is -4.78. The van der Waals surface area contributed by atoms with E-state index in [0.717, 1.165) is 7.05 Å². The molecule has 0 fully saturated rings. The largest absolute Gasteiger partial charge is 0.358 e. The fourth-order valence-corrected chi connectivity index (χ4v) is 2.79. The second kappa shape index (κ2) is 6.97. The number of hydrogen-bond acceptors (Lipinski definition) is 6. The molecule has 4 N–H and O–H groups in total. The number of carbonyl (C=O) groups is 2. The maximum absolute atomic E-state index is 11.5. The molecule has 12 heteroatoms. The highest BCUT2D eigenvalue weighted by molar-refractivity contribution is 7.87. The smallest absolute Gasteiger partial charge is 0.278 e. The van der Waals surface area contributed by atoms with Crippen LogP contribution in [0.5, 0.6) is 0 Å². The van der Waals surface area contributed by atoms with Gasteiger partial charge in [-0.25, -0.2) is 0 Å². The molecule has 0 saturated heterocycles. The van der Waals surface area contributed by atoms with Crippen molar-refractivity contribution in [3.63, 3.8) is 0 Å². The van der Waals surface area contributed by atoms with Crippen molar-refractivity contribution in [1.29, 1.82) is 0 Å². The predicted octanol–water partition coefficient (Wildman–Crippen LogP) is -2.23. The Bertz CT molecular complexity index is 567. The van der Waals surface area contributed by atoms with Crippen molar-refractivity contribution in [3.8, 4) is 0 Å². The molecule has 0 radical (unpaired) electrons. The first kappa shape index (κ1) is 18.8. The van der Waals surface area contributed by atoms with Crippen molar-refractivity contribution in [2.45, 2.75) is 23.8 Å². The molecule has 0 aliphatic rings. The van der Waals surface area contributed by atoms with E-state index in [1.54, 1.807) is 0 Å². The molecule has 0 aliphatic carbocycles. The highest BCUT2D eigenvalue weighted by Crippen LogP contribution is 2.05. The Morgan fingerprint density at radius 3 is 1.75 bits per heavy atom. The van der Waals surface area contributed by atoms with Crippen LogP contribution in [-0.2, 0) is 29.8 Å². The lowest BCUT2D eigenvalue weighted by molar-refractivity contribution is -0.121. The van der Waals surface area contributed by atoms with E-state index in [0.29, 0.717) is 0 Å². The third-order valence-electron chi connectivity index (χ3n) is 2.38. The predicted molar refractivity (Wildman–Crippen MR) is 68.0 cm³/mol. The van der Waals surface area contributed by atoms with E-state index in [9.17, 15) is 26.4 Å². The average molecular weight is 332 g/mol. The Morgan fingerprint density at radius 1 is 1.00 bits per heavy atom. The molecule has 0 aromatic rings. The maximum Gasteiger partial charge on any atom is 0.278 e. The molecule has 0 heterocycles. The molecule has 2 unspecified atom stereocenters. The summed E-state index contributed by atoms with van der Waals surface area (Å²) >= 11 is 0. The monoisotopic (exact) mass is 332 g/mol. The second-order valence-corrected chi connectivity index (χ2v) is 6.97. The summed E-state index contributed by atoms with van der Waals surface area (Å²) in [5.74, 6) is -2.25. The standard InChI is InChI=1S/C8H16N2O8S2/c1-3-5(19(13,14)15)8(12)10-4-6(7(11)9-2)20(16,17)18/h5-6H,3-4H2,1-2H3,(H,9,11)(H,10,12)(H,13,14,15)(H,16,17,18). The first-order valence-electron chi connectivity index (χ1n) is 5.37. The summed E-state index contributed by atoms with van der Waals surface area (Å²) in [6.07, 6.45) is -0.249. The van der Waals surface area contributed by atoms with Gasteiger partial charge in [0, 0.05) is 13.6 Å². The number of hydrogen-bond donors (Lipinski definition) is 4. The van der Waals surface area contributed by atoms with Crippen molar-refractivity contribution in [2.24, 2.45) is 0 Å². The number of nitrogens with one attached hydrogen (secondary N) is 2. The molecular weight excluding hydrogens is 316 g/mol. The van der Waals surface area contributed by atoms with Crippen LogP contribution in [0.25, 0.3) is 0 Å². The van der Waals surface area contributed by atoms with Gasteiger partial charge in [0.15, 0.2) is 10.5 Å². The third-order valence-corrected chi connectivity index (χ3v) is 4.75. The molecule has 0 aliphatic heterocycles. The first-order valence-corrected chi connectivity index (χ1v) is 8.37. The van der Waals surface area contributed by atoms with Gasteiger partial charge < -0.3 is 10.6 Å². The molecule has 2 atom stereocenters. The van der Waals surface area contributed by atoms with Gasteiger partial charge in [-0.1, -0.05) is 6.92 Å². The van der Waals surface area contributed by atoms with Gasteiger partial charge >= 0.3 is 0 Å². The van der Waals surface area contributed by atoms with Gasteiger partial charge in [0.1, 0.15) is 0 Å². The van der Waals surface area contributed by atoms with E-state index >= 15 is 0 Å². The molecule has 0 bridgehead atoms. The van der Waals surface area contributed by atoms with E-state index in [2.05, 4.69) is 0 Å². The highest BCUT2D eigenvalue weighted by atomic mass is 32.2. The van der Waals surface area contributed by atoms with E-state index in [4.69, 9.17) is 9.11 Å². The van der Waals surface area contributed by atoms with Crippen LogP contribution in [0.15, 0.2) is 0 Å². The zero-order chi connectivity index (χ0) is 16.1.